The van der Waals surface area contributed by atoms with Crippen LogP contribution in [0, 0.1) is 0 Å². The molecule has 0 atom stereocenters. The molecule has 0 spiro atoms. The van der Waals surface area contributed by atoms with Crippen molar-refractivity contribution < 1.29 is 14.6 Å². The Labute approximate surface area is 115 Å². The van der Waals surface area contributed by atoms with Gasteiger partial charge in [-0.1, -0.05) is 37.3 Å². The summed E-state index contributed by atoms with van der Waals surface area (Å²) >= 11 is 1.35. The second-order valence-electron chi connectivity index (χ2n) is 3.95. The summed E-state index contributed by atoms with van der Waals surface area (Å²) in [5, 5.41) is 10.1. The van der Waals surface area contributed by atoms with Crippen LogP contribution in [0.4, 0.5) is 0 Å². The van der Waals surface area contributed by atoms with E-state index >= 15 is 0 Å². The zero-order valence-corrected chi connectivity index (χ0v) is 11.4. The quantitative estimate of drug-likeness (QED) is 0.853. The average molecular weight is 277 g/mol. The second kappa shape index (κ2) is 6.45. The summed E-state index contributed by atoms with van der Waals surface area (Å²) in [7, 11) is 0. The van der Waals surface area contributed by atoms with E-state index in [2.05, 4.69) is 4.98 Å². The molecule has 0 saturated heterocycles. The Balaban J connectivity index is 2.05. The van der Waals surface area contributed by atoms with Crippen molar-refractivity contribution >= 4 is 17.3 Å². The van der Waals surface area contributed by atoms with E-state index in [-0.39, 0.29) is 18.9 Å². The molecule has 1 heterocycles. The van der Waals surface area contributed by atoms with Crippen LogP contribution in [0.25, 0.3) is 0 Å². The van der Waals surface area contributed by atoms with E-state index in [1.807, 2.05) is 37.3 Å². The SMILES string of the molecule is CCc1nc(C(=O)OCc2ccccc2)c(CO)s1. The number of aryl methyl sites for hydroxylation is 1. The molecule has 1 aromatic heterocycles. The molecule has 0 amide bonds. The van der Waals surface area contributed by atoms with Crippen molar-refractivity contribution in [3.8, 4) is 0 Å². The Morgan fingerprint density at radius 3 is 2.74 bits per heavy atom. The molecule has 100 valence electrons. The number of benzene rings is 1. The molecule has 0 bridgehead atoms. The lowest BCUT2D eigenvalue weighted by Crippen LogP contribution is -2.08. The molecule has 2 rings (SSSR count). The molecular formula is C14H15NO3S. The van der Waals surface area contributed by atoms with Crippen molar-refractivity contribution in [1.82, 2.24) is 4.98 Å². The lowest BCUT2D eigenvalue weighted by atomic mass is 10.2. The predicted molar refractivity (Wildman–Crippen MR) is 73.0 cm³/mol. The Kier molecular flexibility index (Phi) is 4.65. The number of rotatable bonds is 5. The first-order valence-corrected chi connectivity index (χ1v) is 6.86. The van der Waals surface area contributed by atoms with E-state index in [4.69, 9.17) is 4.74 Å². The molecule has 0 fully saturated rings. The molecule has 0 aliphatic heterocycles. The van der Waals surface area contributed by atoms with E-state index in [0.29, 0.717) is 4.88 Å². The maximum atomic E-state index is 11.9. The van der Waals surface area contributed by atoms with Gasteiger partial charge in [0.1, 0.15) is 6.61 Å². The summed E-state index contributed by atoms with van der Waals surface area (Å²) in [5.41, 5.74) is 1.16. The maximum Gasteiger partial charge on any atom is 0.358 e. The zero-order chi connectivity index (χ0) is 13.7. The number of carbonyl (C=O) groups is 1. The van der Waals surface area contributed by atoms with Crippen molar-refractivity contribution in [3.63, 3.8) is 0 Å². The molecule has 1 N–H and O–H groups in total. The Hall–Kier alpha value is -1.72. The summed E-state index contributed by atoms with van der Waals surface area (Å²) < 4.78 is 5.21. The normalized spacial score (nSPS) is 10.4. The predicted octanol–water partition coefficient (Wildman–Crippen LogP) is 2.55. The average Bonchev–Trinajstić information content (AvgIpc) is 2.89. The van der Waals surface area contributed by atoms with Crippen LogP contribution in [0.3, 0.4) is 0 Å². The van der Waals surface area contributed by atoms with Gasteiger partial charge in [-0.25, -0.2) is 9.78 Å². The molecule has 0 saturated carbocycles. The van der Waals surface area contributed by atoms with Crippen molar-refractivity contribution in [2.45, 2.75) is 26.6 Å². The molecule has 0 aliphatic rings. The number of hydrogen-bond acceptors (Lipinski definition) is 5. The minimum Gasteiger partial charge on any atom is -0.456 e. The van der Waals surface area contributed by atoms with Crippen LogP contribution in [0.5, 0.6) is 0 Å². The number of aromatic nitrogens is 1. The minimum atomic E-state index is -0.483. The van der Waals surface area contributed by atoms with E-state index < -0.39 is 5.97 Å². The van der Waals surface area contributed by atoms with Crippen LogP contribution >= 0.6 is 11.3 Å². The van der Waals surface area contributed by atoms with Crippen molar-refractivity contribution in [3.05, 3.63) is 51.5 Å². The highest BCUT2D eigenvalue weighted by Gasteiger charge is 2.18. The fourth-order valence-electron chi connectivity index (χ4n) is 1.61. The van der Waals surface area contributed by atoms with E-state index in [1.54, 1.807) is 0 Å². The molecule has 5 heteroatoms. The van der Waals surface area contributed by atoms with Gasteiger partial charge < -0.3 is 9.84 Å². The van der Waals surface area contributed by atoms with E-state index in [1.165, 1.54) is 11.3 Å². The van der Waals surface area contributed by atoms with Crippen LogP contribution in [-0.4, -0.2) is 16.1 Å². The van der Waals surface area contributed by atoms with Crippen LogP contribution < -0.4 is 0 Å². The van der Waals surface area contributed by atoms with Gasteiger partial charge in [0.15, 0.2) is 5.69 Å². The number of aliphatic hydroxyl groups excluding tert-OH is 1. The Morgan fingerprint density at radius 2 is 2.11 bits per heavy atom. The molecule has 0 aliphatic carbocycles. The highest BCUT2D eigenvalue weighted by molar-refractivity contribution is 7.11. The topological polar surface area (TPSA) is 59.4 Å². The van der Waals surface area contributed by atoms with Gasteiger partial charge >= 0.3 is 5.97 Å². The summed E-state index contributed by atoms with van der Waals surface area (Å²) in [5.74, 6) is -0.483. The summed E-state index contributed by atoms with van der Waals surface area (Å²) in [6, 6.07) is 9.46. The van der Waals surface area contributed by atoms with Crippen LogP contribution in [-0.2, 0) is 24.4 Å². The summed E-state index contributed by atoms with van der Waals surface area (Å²) in [6.45, 7) is 1.98. The minimum absolute atomic E-state index is 0.187. The van der Waals surface area contributed by atoms with Gasteiger partial charge in [-0.2, -0.15) is 0 Å². The van der Waals surface area contributed by atoms with Gasteiger partial charge in [0.25, 0.3) is 0 Å². The zero-order valence-electron chi connectivity index (χ0n) is 10.6. The molecule has 19 heavy (non-hydrogen) atoms. The van der Waals surface area contributed by atoms with E-state index in [0.717, 1.165) is 17.0 Å². The van der Waals surface area contributed by atoms with Crippen molar-refractivity contribution in [1.29, 1.82) is 0 Å². The largest absolute Gasteiger partial charge is 0.456 e. The summed E-state index contributed by atoms with van der Waals surface area (Å²) in [4.78, 5) is 16.7. The number of nitrogens with zero attached hydrogens (tertiary/aromatic N) is 1. The third-order valence-electron chi connectivity index (χ3n) is 2.59. The first kappa shape index (κ1) is 13.7. The smallest absolute Gasteiger partial charge is 0.358 e. The van der Waals surface area contributed by atoms with Gasteiger partial charge in [0.2, 0.25) is 0 Å². The highest BCUT2D eigenvalue weighted by Crippen LogP contribution is 2.20. The standard InChI is InChI=1S/C14H15NO3S/c1-2-12-15-13(11(8-16)19-12)14(17)18-9-10-6-4-3-5-7-10/h3-7,16H,2,8-9H2,1H3. The fraction of sp³-hybridized carbons (Fsp3) is 0.286. The van der Waals surface area contributed by atoms with Gasteiger partial charge in [-0.05, 0) is 12.0 Å². The van der Waals surface area contributed by atoms with Crippen molar-refractivity contribution in [2.75, 3.05) is 0 Å². The second-order valence-corrected chi connectivity index (χ2v) is 5.12. The molecule has 0 unspecified atom stereocenters. The first-order chi connectivity index (χ1) is 9.24. The lowest BCUT2D eigenvalue weighted by Gasteiger charge is -2.03. The van der Waals surface area contributed by atoms with Gasteiger partial charge in [0, 0.05) is 0 Å². The molecular weight excluding hydrogens is 262 g/mol. The molecule has 0 radical (unpaired) electrons. The number of ether oxygens (including phenoxy) is 1. The number of hydrogen-bond donors (Lipinski definition) is 1. The number of thiazole rings is 1. The number of esters is 1. The third kappa shape index (κ3) is 3.39. The van der Waals surface area contributed by atoms with E-state index in [9.17, 15) is 9.90 Å². The maximum absolute atomic E-state index is 11.9. The summed E-state index contributed by atoms with van der Waals surface area (Å²) in [6.07, 6.45) is 0.740. The van der Waals surface area contributed by atoms with Crippen molar-refractivity contribution in [2.24, 2.45) is 0 Å². The van der Waals surface area contributed by atoms with Crippen LogP contribution in [0.1, 0.15) is 32.9 Å². The lowest BCUT2D eigenvalue weighted by molar-refractivity contribution is 0.0463. The number of aliphatic hydroxyl groups is 1. The van der Waals surface area contributed by atoms with Crippen LogP contribution in [0.15, 0.2) is 30.3 Å². The Morgan fingerprint density at radius 1 is 1.37 bits per heavy atom. The highest BCUT2D eigenvalue weighted by atomic mass is 32.1. The molecule has 2 aromatic rings. The molecule has 4 nitrogen and oxygen atoms in total. The molecule has 1 aromatic carbocycles. The third-order valence-corrected chi connectivity index (χ3v) is 3.78. The monoisotopic (exact) mass is 277 g/mol. The van der Waals surface area contributed by atoms with Crippen LogP contribution in [0.2, 0.25) is 0 Å². The van der Waals surface area contributed by atoms with Gasteiger partial charge in [-0.3, -0.25) is 0 Å². The van der Waals surface area contributed by atoms with Gasteiger partial charge in [-0.15, -0.1) is 11.3 Å². The first-order valence-electron chi connectivity index (χ1n) is 6.05. The number of carbonyl (C=O) groups excluding carboxylic acids is 1. The van der Waals surface area contributed by atoms with Gasteiger partial charge in [0.05, 0.1) is 16.5 Å². The Bertz CT molecular complexity index is 551. The fourth-order valence-corrected chi connectivity index (χ4v) is 2.47.